The molecule has 1 aliphatic carbocycles. The summed E-state index contributed by atoms with van der Waals surface area (Å²) in [5.74, 6) is -1.13. The quantitative estimate of drug-likeness (QED) is 0.804. The molecule has 0 N–H and O–H groups in total. The van der Waals surface area contributed by atoms with Crippen molar-refractivity contribution in [3.05, 3.63) is 39.9 Å². The maximum absolute atomic E-state index is 12.3. The number of Topliss-reactive ketones (excluding diaryl/α,β-unsaturated/α-hetero) is 3. The molecular weight excluding hydrogens is 308 g/mol. The maximum atomic E-state index is 12.3. The molecule has 1 aromatic carbocycles. The third-order valence-corrected chi connectivity index (χ3v) is 3.70. The highest BCUT2D eigenvalue weighted by atomic mass is 79.9. The average molecular weight is 321 g/mol. The van der Waals surface area contributed by atoms with Gasteiger partial charge in [-0.3, -0.25) is 14.4 Å². The van der Waals surface area contributed by atoms with Crippen LogP contribution in [0.3, 0.4) is 0 Å². The fourth-order valence-corrected chi connectivity index (χ4v) is 2.71. The molecule has 0 unspecified atom stereocenters. The highest BCUT2D eigenvalue weighted by Gasteiger charge is 2.33. The Balaban J connectivity index is 2.60. The number of ketones is 3. The second-order valence-electron chi connectivity index (χ2n) is 4.91. The first-order valence-corrected chi connectivity index (χ1v) is 6.84. The fraction of sp³-hybridized carbons (Fsp3) is 0.267. The molecule has 1 aliphatic rings. The molecule has 0 bridgehead atoms. The summed E-state index contributed by atoms with van der Waals surface area (Å²) in [6.07, 6.45) is 0.347. The van der Waals surface area contributed by atoms with Crippen molar-refractivity contribution in [1.29, 1.82) is 0 Å². The van der Waals surface area contributed by atoms with Gasteiger partial charge in [0.2, 0.25) is 11.6 Å². The van der Waals surface area contributed by atoms with Gasteiger partial charge in [0, 0.05) is 17.6 Å². The SMILES string of the molecule is CC(C)CC(=O)C1=C(Br)C(=O)C(=O)c2ccccc21. The van der Waals surface area contributed by atoms with Crippen LogP contribution in [0, 0.1) is 5.92 Å². The Bertz CT molecular complexity index is 612. The monoisotopic (exact) mass is 320 g/mol. The first-order valence-electron chi connectivity index (χ1n) is 6.05. The highest BCUT2D eigenvalue weighted by molar-refractivity contribution is 9.12. The van der Waals surface area contributed by atoms with E-state index in [2.05, 4.69) is 15.9 Å². The molecule has 1 aromatic rings. The third-order valence-electron chi connectivity index (χ3n) is 2.94. The lowest BCUT2D eigenvalue weighted by Gasteiger charge is -2.18. The van der Waals surface area contributed by atoms with Crippen molar-refractivity contribution in [1.82, 2.24) is 0 Å². The number of fused-ring (bicyclic) bond motifs is 1. The summed E-state index contributed by atoms with van der Waals surface area (Å²) in [6, 6.07) is 6.73. The first kappa shape index (κ1) is 13.9. The Morgan fingerprint density at radius 3 is 2.26 bits per heavy atom. The number of allylic oxidation sites excluding steroid dienone is 2. The number of halogens is 1. The molecule has 0 amide bonds. The smallest absolute Gasteiger partial charge is 0.241 e. The van der Waals surface area contributed by atoms with Crippen LogP contribution in [0.1, 0.15) is 36.2 Å². The molecule has 98 valence electrons. The average Bonchev–Trinajstić information content (AvgIpc) is 2.35. The van der Waals surface area contributed by atoms with E-state index in [-0.39, 0.29) is 16.2 Å². The molecule has 0 saturated carbocycles. The Hall–Kier alpha value is -1.55. The molecule has 0 fully saturated rings. The van der Waals surface area contributed by atoms with Gasteiger partial charge in [0.1, 0.15) is 0 Å². The molecule has 0 saturated heterocycles. The van der Waals surface area contributed by atoms with E-state index in [0.29, 0.717) is 23.1 Å². The van der Waals surface area contributed by atoms with E-state index >= 15 is 0 Å². The zero-order chi connectivity index (χ0) is 14.2. The van der Waals surface area contributed by atoms with Crippen LogP contribution in [-0.2, 0) is 9.59 Å². The summed E-state index contributed by atoms with van der Waals surface area (Å²) < 4.78 is 0.0850. The molecule has 0 atom stereocenters. The minimum Gasteiger partial charge on any atom is -0.294 e. The van der Waals surface area contributed by atoms with E-state index in [1.165, 1.54) is 0 Å². The number of benzene rings is 1. The highest BCUT2D eigenvalue weighted by Crippen LogP contribution is 2.34. The van der Waals surface area contributed by atoms with Gasteiger partial charge in [0.15, 0.2) is 5.78 Å². The first-order chi connectivity index (χ1) is 8.93. The lowest BCUT2D eigenvalue weighted by Crippen LogP contribution is -2.24. The zero-order valence-electron chi connectivity index (χ0n) is 10.7. The summed E-state index contributed by atoms with van der Waals surface area (Å²) in [5.41, 5.74) is 1.18. The normalized spacial score (nSPS) is 14.9. The fourth-order valence-electron chi connectivity index (χ4n) is 2.10. The van der Waals surface area contributed by atoms with E-state index in [1.807, 2.05) is 13.8 Å². The number of carbonyl (C=O) groups excluding carboxylic acids is 3. The van der Waals surface area contributed by atoms with E-state index in [9.17, 15) is 14.4 Å². The van der Waals surface area contributed by atoms with Gasteiger partial charge in [-0.05, 0) is 27.4 Å². The van der Waals surface area contributed by atoms with E-state index in [1.54, 1.807) is 24.3 Å². The Morgan fingerprint density at radius 2 is 1.68 bits per heavy atom. The molecule has 0 radical (unpaired) electrons. The van der Waals surface area contributed by atoms with Crippen LogP contribution in [-0.4, -0.2) is 17.3 Å². The van der Waals surface area contributed by atoms with Gasteiger partial charge in [0.25, 0.3) is 0 Å². The molecule has 2 rings (SSSR count). The van der Waals surface area contributed by atoms with Crippen molar-refractivity contribution < 1.29 is 14.4 Å². The lowest BCUT2D eigenvalue weighted by molar-refractivity contribution is -0.115. The van der Waals surface area contributed by atoms with Crippen LogP contribution >= 0.6 is 15.9 Å². The van der Waals surface area contributed by atoms with Crippen molar-refractivity contribution in [3.63, 3.8) is 0 Å². The largest absolute Gasteiger partial charge is 0.294 e. The minimum absolute atomic E-state index is 0.0850. The van der Waals surface area contributed by atoms with Crippen LogP contribution in [0.2, 0.25) is 0 Å². The summed E-state index contributed by atoms with van der Waals surface area (Å²) in [4.78, 5) is 36.1. The number of carbonyl (C=O) groups is 3. The summed E-state index contributed by atoms with van der Waals surface area (Å²) in [5, 5.41) is 0. The molecule has 3 nitrogen and oxygen atoms in total. The summed E-state index contributed by atoms with van der Waals surface area (Å²) >= 11 is 3.11. The van der Waals surface area contributed by atoms with E-state index in [0.717, 1.165) is 0 Å². The Kier molecular flexibility index (Phi) is 3.80. The van der Waals surface area contributed by atoms with Gasteiger partial charge in [-0.15, -0.1) is 0 Å². The number of hydrogen-bond donors (Lipinski definition) is 0. The second-order valence-corrected chi connectivity index (χ2v) is 5.71. The predicted molar refractivity (Wildman–Crippen MR) is 76.1 cm³/mol. The minimum atomic E-state index is -0.647. The molecule has 0 aromatic heterocycles. The molecule has 0 aliphatic heterocycles. The summed E-state index contributed by atoms with van der Waals surface area (Å²) in [6.45, 7) is 3.88. The molecular formula is C15H13BrO3. The van der Waals surface area contributed by atoms with Crippen molar-refractivity contribution in [2.75, 3.05) is 0 Å². The molecule has 0 heterocycles. The number of hydrogen-bond acceptors (Lipinski definition) is 3. The Morgan fingerprint density at radius 1 is 1.11 bits per heavy atom. The Labute approximate surface area is 119 Å². The van der Waals surface area contributed by atoms with Crippen LogP contribution < -0.4 is 0 Å². The summed E-state index contributed by atoms with van der Waals surface area (Å²) in [7, 11) is 0. The van der Waals surface area contributed by atoms with Crippen LogP contribution in [0.4, 0.5) is 0 Å². The predicted octanol–water partition coefficient (Wildman–Crippen LogP) is 3.17. The van der Waals surface area contributed by atoms with Gasteiger partial charge in [-0.2, -0.15) is 0 Å². The maximum Gasteiger partial charge on any atom is 0.241 e. The topological polar surface area (TPSA) is 51.2 Å². The molecule has 4 heteroatoms. The van der Waals surface area contributed by atoms with Gasteiger partial charge < -0.3 is 0 Å². The van der Waals surface area contributed by atoms with Crippen LogP contribution in [0.15, 0.2) is 28.7 Å². The standard InChI is InChI=1S/C15H13BrO3/c1-8(2)7-11(17)12-9-5-3-4-6-10(9)14(18)15(19)13(12)16/h3-6,8H,7H2,1-2H3. The van der Waals surface area contributed by atoms with Gasteiger partial charge in [-0.25, -0.2) is 0 Å². The van der Waals surface area contributed by atoms with Crippen LogP contribution in [0.5, 0.6) is 0 Å². The van der Waals surface area contributed by atoms with Gasteiger partial charge in [0.05, 0.1) is 4.48 Å². The van der Waals surface area contributed by atoms with Crippen LogP contribution in [0.25, 0.3) is 5.57 Å². The number of rotatable bonds is 3. The second kappa shape index (κ2) is 5.21. The van der Waals surface area contributed by atoms with Crippen molar-refractivity contribution >= 4 is 38.9 Å². The van der Waals surface area contributed by atoms with Crippen molar-refractivity contribution in [2.24, 2.45) is 5.92 Å². The van der Waals surface area contributed by atoms with E-state index in [4.69, 9.17) is 0 Å². The molecule has 19 heavy (non-hydrogen) atoms. The van der Waals surface area contributed by atoms with Gasteiger partial charge in [-0.1, -0.05) is 38.1 Å². The zero-order valence-corrected chi connectivity index (χ0v) is 12.3. The van der Waals surface area contributed by atoms with Gasteiger partial charge >= 0.3 is 0 Å². The van der Waals surface area contributed by atoms with Crippen molar-refractivity contribution in [2.45, 2.75) is 20.3 Å². The lowest BCUT2D eigenvalue weighted by atomic mass is 9.85. The van der Waals surface area contributed by atoms with Crippen molar-refractivity contribution in [3.8, 4) is 0 Å². The third kappa shape index (κ3) is 2.45. The van der Waals surface area contributed by atoms with E-state index < -0.39 is 11.6 Å². The molecule has 0 spiro atoms.